The van der Waals surface area contributed by atoms with Crippen LogP contribution in [-0.4, -0.2) is 37.2 Å². The van der Waals surface area contributed by atoms with Gasteiger partial charge >= 0.3 is 5.97 Å². The van der Waals surface area contributed by atoms with E-state index in [0.717, 1.165) is 16.7 Å². The van der Waals surface area contributed by atoms with Crippen molar-refractivity contribution >= 4 is 51.9 Å². The quantitative estimate of drug-likeness (QED) is 0.350. The molecule has 1 fully saturated rings. The molecule has 0 aromatic heterocycles. The Bertz CT molecular complexity index is 778. The van der Waals surface area contributed by atoms with Crippen molar-refractivity contribution in [2.75, 3.05) is 0 Å². The average Bonchev–Trinajstić information content (AvgIpc) is 2.82. The van der Waals surface area contributed by atoms with E-state index in [9.17, 15) is 24.8 Å². The van der Waals surface area contributed by atoms with E-state index in [4.69, 9.17) is 12.2 Å². The van der Waals surface area contributed by atoms with E-state index in [1.165, 1.54) is 24.3 Å². The Balaban J connectivity index is 2.42. The van der Waals surface area contributed by atoms with Crippen LogP contribution in [0, 0.1) is 16.0 Å². The van der Waals surface area contributed by atoms with Gasteiger partial charge in [-0.25, -0.2) is 4.79 Å². The number of carboxylic acids is 1. The molecule has 0 saturated carbocycles. The lowest BCUT2D eigenvalue weighted by atomic mass is 9.98. The zero-order chi connectivity index (χ0) is 18.7. The molecule has 0 bridgehead atoms. The third-order valence-corrected chi connectivity index (χ3v) is 5.29. The predicted octanol–water partition coefficient (Wildman–Crippen LogP) is 3.30. The van der Waals surface area contributed by atoms with Crippen molar-refractivity contribution in [2.45, 2.75) is 26.3 Å². The van der Waals surface area contributed by atoms with Gasteiger partial charge in [-0.3, -0.25) is 19.8 Å². The number of nitro benzene ring substituents is 1. The largest absolute Gasteiger partial charge is 0.480 e. The average molecular weight is 380 g/mol. The molecule has 132 valence electrons. The summed E-state index contributed by atoms with van der Waals surface area (Å²) >= 11 is 6.14. The number of rotatable bonds is 6. The first kappa shape index (κ1) is 19.1. The van der Waals surface area contributed by atoms with Gasteiger partial charge in [-0.1, -0.05) is 56.4 Å². The molecule has 0 aliphatic carbocycles. The van der Waals surface area contributed by atoms with Crippen LogP contribution in [0.3, 0.4) is 0 Å². The lowest BCUT2D eigenvalue weighted by Crippen LogP contribution is -2.47. The maximum atomic E-state index is 12.7. The van der Waals surface area contributed by atoms with E-state index >= 15 is 0 Å². The number of carbonyl (C=O) groups excluding carboxylic acids is 1. The first-order chi connectivity index (χ1) is 11.8. The summed E-state index contributed by atoms with van der Waals surface area (Å²) in [5.41, 5.74) is 0.132. The van der Waals surface area contributed by atoms with Gasteiger partial charge in [0.1, 0.15) is 10.4 Å². The molecule has 1 saturated heterocycles. The number of benzene rings is 1. The van der Waals surface area contributed by atoms with E-state index in [0.29, 0.717) is 6.42 Å². The third kappa shape index (κ3) is 3.88. The van der Waals surface area contributed by atoms with Crippen LogP contribution in [0.5, 0.6) is 0 Å². The second-order valence-corrected chi connectivity index (χ2v) is 7.21. The van der Waals surface area contributed by atoms with Gasteiger partial charge in [0.25, 0.3) is 11.6 Å². The smallest absolute Gasteiger partial charge is 0.327 e. The van der Waals surface area contributed by atoms with E-state index in [-0.39, 0.29) is 26.4 Å². The van der Waals surface area contributed by atoms with Gasteiger partial charge in [0.15, 0.2) is 0 Å². The van der Waals surface area contributed by atoms with Gasteiger partial charge in [0.2, 0.25) is 0 Å². The van der Waals surface area contributed by atoms with E-state index in [1.807, 2.05) is 6.92 Å². The third-order valence-electron chi connectivity index (χ3n) is 3.96. The summed E-state index contributed by atoms with van der Waals surface area (Å²) in [5, 5.41) is 20.6. The van der Waals surface area contributed by atoms with E-state index in [1.54, 1.807) is 13.0 Å². The molecule has 2 rings (SSSR count). The van der Waals surface area contributed by atoms with Crippen molar-refractivity contribution < 1.29 is 19.6 Å². The molecule has 2 unspecified atom stereocenters. The molecular formula is C16H16N2O5S2. The van der Waals surface area contributed by atoms with Crippen LogP contribution in [0.4, 0.5) is 5.69 Å². The number of nitrogens with zero attached hydrogens (tertiary/aromatic N) is 2. The van der Waals surface area contributed by atoms with Crippen LogP contribution in [-0.2, 0) is 9.59 Å². The van der Waals surface area contributed by atoms with Crippen LogP contribution in [0.15, 0.2) is 29.2 Å². The number of thiocarbonyl (C=S) groups is 1. The van der Waals surface area contributed by atoms with Gasteiger partial charge in [-0.15, -0.1) is 0 Å². The maximum absolute atomic E-state index is 12.7. The van der Waals surface area contributed by atoms with E-state index in [2.05, 4.69) is 0 Å². The molecule has 7 nitrogen and oxygen atoms in total. The van der Waals surface area contributed by atoms with Crippen molar-refractivity contribution in [3.63, 3.8) is 0 Å². The number of thioether (sulfide) groups is 1. The predicted molar refractivity (Wildman–Crippen MR) is 99.0 cm³/mol. The molecule has 1 N–H and O–H groups in total. The number of carboxylic acid groups (broad SMARTS) is 1. The fraction of sp³-hybridized carbons (Fsp3) is 0.312. The SMILES string of the molecule is CCC(C)C(C(=O)O)N1C(=O)/C(=C/c2ccccc2[N+](=O)[O-])SC1=S. The summed E-state index contributed by atoms with van der Waals surface area (Å²) in [6.07, 6.45) is 1.95. The summed E-state index contributed by atoms with van der Waals surface area (Å²) in [4.78, 5) is 36.1. The lowest BCUT2D eigenvalue weighted by Gasteiger charge is -2.27. The normalized spacial score (nSPS) is 18.5. The van der Waals surface area contributed by atoms with Gasteiger partial charge in [-0.2, -0.15) is 0 Å². The highest BCUT2D eigenvalue weighted by atomic mass is 32.2. The minimum Gasteiger partial charge on any atom is -0.480 e. The lowest BCUT2D eigenvalue weighted by molar-refractivity contribution is -0.385. The zero-order valence-electron chi connectivity index (χ0n) is 13.5. The Morgan fingerprint density at radius 1 is 1.48 bits per heavy atom. The second-order valence-electron chi connectivity index (χ2n) is 5.54. The van der Waals surface area contributed by atoms with E-state index < -0.39 is 22.8 Å². The van der Waals surface area contributed by atoms with Crippen molar-refractivity contribution in [1.29, 1.82) is 0 Å². The summed E-state index contributed by atoms with van der Waals surface area (Å²) in [6.45, 7) is 3.57. The molecule has 2 atom stereocenters. The van der Waals surface area contributed by atoms with Gasteiger partial charge in [0, 0.05) is 6.07 Å². The Hall–Kier alpha value is -2.26. The number of aliphatic carboxylic acids is 1. The summed E-state index contributed by atoms with van der Waals surface area (Å²) < 4.78 is 0.141. The fourth-order valence-corrected chi connectivity index (χ4v) is 3.79. The van der Waals surface area contributed by atoms with Gasteiger partial charge in [0.05, 0.1) is 15.4 Å². The van der Waals surface area contributed by atoms with Crippen molar-refractivity contribution in [3.8, 4) is 0 Å². The monoisotopic (exact) mass is 380 g/mol. The molecule has 1 amide bonds. The molecule has 1 aliphatic heterocycles. The minimum atomic E-state index is -1.13. The van der Waals surface area contributed by atoms with Crippen LogP contribution < -0.4 is 0 Å². The van der Waals surface area contributed by atoms with Crippen molar-refractivity contribution in [1.82, 2.24) is 4.90 Å². The number of nitro groups is 1. The highest BCUT2D eigenvalue weighted by molar-refractivity contribution is 8.26. The molecule has 9 heteroatoms. The fourth-order valence-electron chi connectivity index (χ4n) is 2.47. The molecule has 1 aromatic rings. The highest BCUT2D eigenvalue weighted by Gasteiger charge is 2.42. The standard InChI is InChI=1S/C16H16N2O5S2/c1-3-9(2)13(15(20)21)17-14(19)12(25-16(17)24)8-10-6-4-5-7-11(10)18(22)23/h4-9,13H,3H2,1-2H3,(H,20,21)/b12-8-. The van der Waals surface area contributed by atoms with Crippen LogP contribution in [0.1, 0.15) is 25.8 Å². The van der Waals surface area contributed by atoms with Crippen molar-refractivity contribution in [2.24, 2.45) is 5.92 Å². The number of carbonyl (C=O) groups is 2. The Labute approximate surface area is 153 Å². The highest BCUT2D eigenvalue weighted by Crippen LogP contribution is 2.37. The number of hydrogen-bond donors (Lipinski definition) is 1. The zero-order valence-corrected chi connectivity index (χ0v) is 15.2. The molecule has 1 aromatic carbocycles. The molecule has 1 aliphatic rings. The van der Waals surface area contributed by atoms with Crippen molar-refractivity contribution in [3.05, 3.63) is 44.8 Å². The van der Waals surface area contributed by atoms with Crippen LogP contribution in [0.25, 0.3) is 6.08 Å². The summed E-state index contributed by atoms with van der Waals surface area (Å²) in [5.74, 6) is -1.95. The second kappa shape index (κ2) is 7.75. The first-order valence-electron chi connectivity index (χ1n) is 7.51. The molecule has 1 heterocycles. The molecule has 0 radical (unpaired) electrons. The summed E-state index contributed by atoms with van der Waals surface area (Å²) in [6, 6.07) is 4.96. The Morgan fingerprint density at radius 3 is 2.68 bits per heavy atom. The summed E-state index contributed by atoms with van der Waals surface area (Å²) in [7, 11) is 0. The Morgan fingerprint density at radius 2 is 2.12 bits per heavy atom. The number of para-hydroxylation sites is 1. The molecular weight excluding hydrogens is 364 g/mol. The number of hydrogen-bond acceptors (Lipinski definition) is 6. The van der Waals surface area contributed by atoms with Crippen LogP contribution >= 0.6 is 24.0 Å². The first-order valence-corrected chi connectivity index (χ1v) is 8.73. The molecule has 0 spiro atoms. The maximum Gasteiger partial charge on any atom is 0.327 e. The Kier molecular flexibility index (Phi) is 5.91. The molecule has 25 heavy (non-hydrogen) atoms. The number of amides is 1. The minimum absolute atomic E-state index is 0.135. The van der Waals surface area contributed by atoms with Crippen LogP contribution in [0.2, 0.25) is 0 Å². The topological polar surface area (TPSA) is 101 Å². The van der Waals surface area contributed by atoms with Gasteiger partial charge < -0.3 is 5.11 Å². The van der Waals surface area contributed by atoms with Gasteiger partial charge in [-0.05, 0) is 18.1 Å².